The van der Waals surface area contributed by atoms with Gasteiger partial charge in [0, 0.05) is 8.59 Å². The van der Waals surface area contributed by atoms with Crippen molar-refractivity contribution in [1.82, 2.24) is 0 Å². The largest absolute Gasteiger partial charge is 0.282 e. The highest BCUT2D eigenvalue weighted by molar-refractivity contribution is 14.1. The third-order valence-corrected chi connectivity index (χ3v) is 5.09. The van der Waals surface area contributed by atoms with Crippen molar-refractivity contribution in [2.24, 2.45) is 0 Å². The Labute approximate surface area is 110 Å². The number of rotatable bonds is 3. The molecule has 0 aliphatic carbocycles. The molecule has 0 saturated carbocycles. The van der Waals surface area contributed by atoms with Gasteiger partial charge in [0.05, 0.1) is 5.69 Å². The molecule has 0 atom stereocenters. The van der Waals surface area contributed by atoms with Crippen LogP contribution in [0.2, 0.25) is 5.02 Å². The van der Waals surface area contributed by atoms with Crippen LogP contribution >= 0.6 is 50.1 Å². The topological polar surface area (TPSA) is 46.2 Å². The predicted octanol–water partition coefficient (Wildman–Crippen LogP) is 3.04. The van der Waals surface area contributed by atoms with Gasteiger partial charge in [-0.25, -0.2) is 8.42 Å². The van der Waals surface area contributed by atoms with E-state index in [0.29, 0.717) is 10.7 Å². The molecule has 0 aliphatic rings. The van der Waals surface area contributed by atoms with Crippen molar-refractivity contribution in [2.45, 2.75) is 0 Å². The number of halogens is 3. The number of nitrogens with one attached hydrogen (secondary N) is 1. The summed E-state index contributed by atoms with van der Waals surface area (Å²) in [6, 6.07) is 4.95. The molecule has 3 nitrogen and oxygen atoms in total. The zero-order chi connectivity index (χ0) is 10.8. The number of hydrogen-bond acceptors (Lipinski definition) is 2. The number of anilines is 1. The van der Waals surface area contributed by atoms with E-state index in [9.17, 15) is 8.42 Å². The summed E-state index contributed by atoms with van der Waals surface area (Å²) in [4.78, 5) is 0. The lowest BCUT2D eigenvalue weighted by Gasteiger charge is -2.07. The molecule has 0 saturated heterocycles. The van der Waals surface area contributed by atoms with E-state index < -0.39 is 10.0 Å². The molecular weight excluding hydrogens is 404 g/mol. The van der Waals surface area contributed by atoms with E-state index in [4.69, 9.17) is 11.6 Å². The minimum absolute atomic E-state index is 0.126. The maximum atomic E-state index is 11.2. The minimum atomic E-state index is -3.29. The summed E-state index contributed by atoms with van der Waals surface area (Å²) in [7, 11) is -3.29. The standard InChI is InChI=1S/C7H6BrClINO2S/c8-4-14(12,13)11-7-2-1-5(9)3-6(7)10/h1-3,11H,4H2. The molecule has 0 aliphatic heterocycles. The van der Waals surface area contributed by atoms with E-state index in [1.807, 2.05) is 22.6 Å². The van der Waals surface area contributed by atoms with Crippen LogP contribution in [-0.2, 0) is 10.0 Å². The Morgan fingerprint density at radius 3 is 2.64 bits per heavy atom. The van der Waals surface area contributed by atoms with Gasteiger partial charge in [-0.1, -0.05) is 27.5 Å². The van der Waals surface area contributed by atoms with Gasteiger partial charge in [0.15, 0.2) is 0 Å². The first-order chi connectivity index (χ1) is 6.44. The fourth-order valence-electron chi connectivity index (χ4n) is 0.767. The van der Waals surface area contributed by atoms with Gasteiger partial charge in [0.1, 0.15) is 4.66 Å². The first-order valence-corrected chi connectivity index (χ1v) is 7.69. The highest BCUT2D eigenvalue weighted by atomic mass is 127. The molecule has 1 N–H and O–H groups in total. The Morgan fingerprint density at radius 1 is 1.50 bits per heavy atom. The van der Waals surface area contributed by atoms with Crippen LogP contribution < -0.4 is 4.72 Å². The second-order valence-electron chi connectivity index (χ2n) is 2.45. The third kappa shape index (κ3) is 3.56. The summed E-state index contributed by atoms with van der Waals surface area (Å²) in [5.41, 5.74) is 0.537. The minimum Gasteiger partial charge on any atom is -0.282 e. The van der Waals surface area contributed by atoms with Crippen molar-refractivity contribution < 1.29 is 8.42 Å². The van der Waals surface area contributed by atoms with E-state index in [1.165, 1.54) is 0 Å². The second-order valence-corrected chi connectivity index (χ2v) is 7.07. The summed E-state index contributed by atoms with van der Waals surface area (Å²) in [5, 5.41) is 0.580. The molecule has 7 heteroatoms. The molecular formula is C7H6BrClINO2S. The molecule has 0 heterocycles. The van der Waals surface area contributed by atoms with Crippen molar-refractivity contribution in [1.29, 1.82) is 0 Å². The molecule has 0 spiro atoms. The van der Waals surface area contributed by atoms with Gasteiger partial charge >= 0.3 is 0 Å². The molecule has 0 aromatic heterocycles. The van der Waals surface area contributed by atoms with Crippen LogP contribution in [0.5, 0.6) is 0 Å². The van der Waals surface area contributed by atoms with Crippen LogP contribution in [0.3, 0.4) is 0 Å². The number of alkyl halides is 1. The van der Waals surface area contributed by atoms with Gasteiger partial charge in [-0.2, -0.15) is 0 Å². The summed E-state index contributed by atoms with van der Waals surface area (Å²) in [5.74, 6) is 0. The van der Waals surface area contributed by atoms with Crippen LogP contribution in [0.15, 0.2) is 18.2 Å². The Kier molecular flexibility index (Phi) is 4.48. The average molecular weight is 410 g/mol. The quantitative estimate of drug-likeness (QED) is 0.615. The highest BCUT2D eigenvalue weighted by Crippen LogP contribution is 2.23. The molecule has 0 fully saturated rings. The van der Waals surface area contributed by atoms with Crippen molar-refractivity contribution >= 4 is 65.8 Å². The monoisotopic (exact) mass is 409 g/mol. The number of sulfonamides is 1. The van der Waals surface area contributed by atoms with Crippen molar-refractivity contribution in [2.75, 3.05) is 9.38 Å². The fraction of sp³-hybridized carbons (Fsp3) is 0.143. The third-order valence-electron chi connectivity index (χ3n) is 1.34. The molecule has 1 rings (SSSR count). The molecule has 14 heavy (non-hydrogen) atoms. The molecule has 0 radical (unpaired) electrons. The highest BCUT2D eigenvalue weighted by Gasteiger charge is 2.09. The SMILES string of the molecule is O=S(=O)(CBr)Nc1ccc(Cl)cc1I. The summed E-state index contributed by atoms with van der Waals surface area (Å²) in [6.45, 7) is 0. The van der Waals surface area contributed by atoms with Gasteiger partial charge in [-0.3, -0.25) is 4.72 Å². The summed E-state index contributed by atoms with van der Waals surface area (Å²) in [6.07, 6.45) is 0. The molecule has 0 amide bonds. The summed E-state index contributed by atoms with van der Waals surface area (Å²) < 4.78 is 25.5. The molecule has 0 bridgehead atoms. The zero-order valence-corrected chi connectivity index (χ0v) is 12.1. The van der Waals surface area contributed by atoms with Gasteiger partial charge in [0.2, 0.25) is 10.0 Å². The van der Waals surface area contributed by atoms with Crippen molar-refractivity contribution in [3.8, 4) is 0 Å². The fourth-order valence-corrected chi connectivity index (χ4v) is 2.87. The Hall–Kier alpha value is 0.470. The summed E-state index contributed by atoms with van der Waals surface area (Å²) >= 11 is 10.6. The van der Waals surface area contributed by atoms with Crippen LogP contribution in [0.4, 0.5) is 5.69 Å². The Bertz CT molecular complexity index is 437. The first-order valence-electron chi connectivity index (χ1n) is 3.46. The number of hydrogen-bond donors (Lipinski definition) is 1. The maximum absolute atomic E-state index is 11.2. The molecule has 0 unspecified atom stereocenters. The Balaban J connectivity index is 2.99. The maximum Gasteiger partial charge on any atom is 0.242 e. The van der Waals surface area contributed by atoms with E-state index >= 15 is 0 Å². The van der Waals surface area contributed by atoms with E-state index in [0.717, 1.165) is 3.57 Å². The van der Waals surface area contributed by atoms with Crippen LogP contribution in [-0.4, -0.2) is 13.1 Å². The van der Waals surface area contributed by atoms with Crippen molar-refractivity contribution in [3.05, 3.63) is 26.8 Å². The van der Waals surface area contributed by atoms with Gasteiger partial charge < -0.3 is 0 Å². The van der Waals surface area contributed by atoms with Gasteiger partial charge in [-0.15, -0.1) is 0 Å². The zero-order valence-electron chi connectivity index (χ0n) is 6.80. The van der Waals surface area contributed by atoms with E-state index in [1.54, 1.807) is 18.2 Å². The number of benzene rings is 1. The van der Waals surface area contributed by atoms with Crippen LogP contribution in [0, 0.1) is 3.57 Å². The normalized spacial score (nSPS) is 11.4. The van der Waals surface area contributed by atoms with Crippen LogP contribution in [0.1, 0.15) is 0 Å². The predicted molar refractivity (Wildman–Crippen MR) is 70.5 cm³/mol. The molecule has 78 valence electrons. The van der Waals surface area contributed by atoms with E-state index in [2.05, 4.69) is 20.7 Å². The smallest absolute Gasteiger partial charge is 0.242 e. The lowest BCUT2D eigenvalue weighted by Crippen LogP contribution is -2.13. The van der Waals surface area contributed by atoms with Gasteiger partial charge in [-0.05, 0) is 40.8 Å². The van der Waals surface area contributed by atoms with Crippen LogP contribution in [0.25, 0.3) is 0 Å². The lowest BCUT2D eigenvalue weighted by molar-refractivity contribution is 0.606. The Morgan fingerprint density at radius 2 is 2.14 bits per heavy atom. The average Bonchev–Trinajstić information content (AvgIpc) is 2.10. The molecule has 1 aromatic rings. The van der Waals surface area contributed by atoms with E-state index in [-0.39, 0.29) is 4.66 Å². The molecule has 1 aromatic carbocycles. The van der Waals surface area contributed by atoms with Gasteiger partial charge in [0.25, 0.3) is 0 Å². The van der Waals surface area contributed by atoms with Crippen molar-refractivity contribution in [3.63, 3.8) is 0 Å². The first kappa shape index (κ1) is 12.5. The second kappa shape index (κ2) is 5.00. The lowest BCUT2D eigenvalue weighted by atomic mass is 10.3.